The molecule has 3 aromatic rings. The van der Waals surface area contributed by atoms with Crippen molar-refractivity contribution in [2.24, 2.45) is 0 Å². The van der Waals surface area contributed by atoms with Crippen LogP contribution in [0.1, 0.15) is 33.9 Å². The summed E-state index contributed by atoms with van der Waals surface area (Å²) in [5.74, 6) is -0.265. The molecule has 0 bridgehead atoms. The monoisotopic (exact) mass is 430 g/mol. The number of aryl methyl sites for hydroxylation is 4. The third-order valence-corrected chi connectivity index (χ3v) is 5.65. The van der Waals surface area contributed by atoms with E-state index in [1.807, 2.05) is 101 Å². The molecule has 0 aliphatic carbocycles. The second-order valence-electron chi connectivity index (χ2n) is 8.54. The van der Waals surface area contributed by atoms with Gasteiger partial charge in [-0.25, -0.2) is 0 Å². The van der Waals surface area contributed by atoms with E-state index in [2.05, 4.69) is 10.6 Å². The summed E-state index contributed by atoms with van der Waals surface area (Å²) in [5, 5.41) is 6.08. The van der Waals surface area contributed by atoms with E-state index in [0.29, 0.717) is 0 Å². The predicted octanol–water partition coefficient (Wildman–Crippen LogP) is 3.75. The lowest BCUT2D eigenvalue weighted by atomic mass is 10.0. The van der Waals surface area contributed by atoms with Gasteiger partial charge in [-0.1, -0.05) is 54.6 Å². The highest BCUT2D eigenvalue weighted by molar-refractivity contribution is 5.96. The second kappa shape index (κ2) is 10.2. The molecule has 0 aliphatic rings. The van der Waals surface area contributed by atoms with Gasteiger partial charge in [0.25, 0.3) is 11.8 Å². The molecule has 5 nitrogen and oxygen atoms in total. The lowest BCUT2D eigenvalue weighted by Gasteiger charge is -2.25. The van der Waals surface area contributed by atoms with E-state index < -0.39 is 6.04 Å². The smallest absolute Gasteiger partial charge is 0.287 e. The first-order valence-electron chi connectivity index (χ1n) is 10.9. The molecule has 0 aliphatic heterocycles. The zero-order valence-electron chi connectivity index (χ0n) is 19.5. The first-order chi connectivity index (χ1) is 15.2. The Morgan fingerprint density at radius 1 is 0.781 bits per heavy atom. The Kier molecular flexibility index (Phi) is 7.44. The van der Waals surface area contributed by atoms with Gasteiger partial charge in [0, 0.05) is 16.9 Å². The molecule has 2 amide bonds. The molecule has 0 aromatic heterocycles. The highest BCUT2D eigenvalue weighted by Gasteiger charge is 2.31. The Labute approximate surface area is 190 Å². The fraction of sp³-hybridized carbons (Fsp3) is 0.259. The molecular formula is C27H32N3O2+. The van der Waals surface area contributed by atoms with Crippen molar-refractivity contribution < 1.29 is 14.5 Å². The fourth-order valence-corrected chi connectivity index (χ4v) is 3.80. The summed E-state index contributed by atoms with van der Waals surface area (Å²) in [7, 11) is 1.88. The van der Waals surface area contributed by atoms with E-state index in [9.17, 15) is 9.59 Å². The number of amides is 2. The Morgan fingerprint density at radius 3 is 1.88 bits per heavy atom. The summed E-state index contributed by atoms with van der Waals surface area (Å²) in [6.45, 7) is 8.10. The van der Waals surface area contributed by atoms with E-state index in [1.54, 1.807) is 0 Å². The maximum Gasteiger partial charge on any atom is 0.287 e. The van der Waals surface area contributed by atoms with Gasteiger partial charge in [-0.05, 0) is 62.1 Å². The van der Waals surface area contributed by atoms with Crippen LogP contribution < -0.4 is 15.5 Å². The number of quaternary nitrogens is 1. The summed E-state index contributed by atoms with van der Waals surface area (Å²) in [6, 6.07) is 21.0. The molecule has 2 atom stereocenters. The van der Waals surface area contributed by atoms with Crippen LogP contribution in [0.25, 0.3) is 0 Å². The quantitative estimate of drug-likeness (QED) is 0.535. The number of likely N-dealkylation sites (N-methyl/N-ethyl adjacent to an activating group) is 1. The van der Waals surface area contributed by atoms with Crippen molar-refractivity contribution in [3.05, 3.63) is 94.5 Å². The van der Waals surface area contributed by atoms with Crippen molar-refractivity contribution in [2.45, 2.75) is 33.7 Å². The Bertz CT molecular complexity index is 1110. The summed E-state index contributed by atoms with van der Waals surface area (Å²) >= 11 is 0. The number of carbonyl (C=O) groups is 2. The molecule has 32 heavy (non-hydrogen) atoms. The Balaban J connectivity index is 1.80. The largest absolute Gasteiger partial charge is 0.321 e. The lowest BCUT2D eigenvalue weighted by molar-refractivity contribution is -0.893. The molecule has 3 aromatic carbocycles. The van der Waals surface area contributed by atoms with E-state index >= 15 is 0 Å². The molecule has 3 N–H and O–H groups in total. The topological polar surface area (TPSA) is 62.6 Å². The Morgan fingerprint density at radius 2 is 1.31 bits per heavy atom. The molecule has 0 saturated carbocycles. The number of hydrogen-bond acceptors (Lipinski definition) is 2. The average molecular weight is 431 g/mol. The van der Waals surface area contributed by atoms with Gasteiger partial charge in [-0.3, -0.25) is 9.59 Å². The van der Waals surface area contributed by atoms with Gasteiger partial charge in [-0.15, -0.1) is 0 Å². The van der Waals surface area contributed by atoms with Crippen molar-refractivity contribution in [1.82, 2.24) is 0 Å². The molecule has 5 heteroatoms. The minimum absolute atomic E-state index is 0.128. The lowest BCUT2D eigenvalue weighted by Crippen LogP contribution is -3.11. The molecule has 0 heterocycles. The summed E-state index contributed by atoms with van der Waals surface area (Å²) < 4.78 is 0. The maximum absolute atomic E-state index is 13.4. The van der Waals surface area contributed by atoms with Crippen LogP contribution in [0.2, 0.25) is 0 Å². The first-order valence-corrected chi connectivity index (χ1v) is 10.9. The van der Waals surface area contributed by atoms with Crippen molar-refractivity contribution in [3.8, 4) is 0 Å². The molecule has 1 unspecified atom stereocenters. The van der Waals surface area contributed by atoms with Gasteiger partial charge in [0.1, 0.15) is 0 Å². The first kappa shape index (κ1) is 23.2. The molecule has 0 radical (unpaired) electrons. The standard InChI is InChI=1S/C27H31N3O2/c1-18-11-13-20(3)23(15-18)28-25(31)17-30(5)26(22-9-7-6-8-10-22)27(32)29-24-16-19(2)12-14-21(24)4/h6-16,26H,17H2,1-5H3,(H,28,31)(H,29,32)/p+1/t26-/m0/s1. The highest BCUT2D eigenvalue weighted by Crippen LogP contribution is 2.19. The molecule has 166 valence electrons. The highest BCUT2D eigenvalue weighted by atomic mass is 16.2. The number of carbonyl (C=O) groups excluding carboxylic acids is 2. The van der Waals surface area contributed by atoms with Crippen LogP contribution in [0.4, 0.5) is 11.4 Å². The molecular weight excluding hydrogens is 398 g/mol. The van der Waals surface area contributed by atoms with Crippen LogP contribution in [-0.2, 0) is 9.59 Å². The van der Waals surface area contributed by atoms with Crippen LogP contribution in [-0.4, -0.2) is 25.4 Å². The number of nitrogens with one attached hydrogen (secondary N) is 3. The molecule has 0 fully saturated rings. The zero-order valence-corrected chi connectivity index (χ0v) is 19.5. The van der Waals surface area contributed by atoms with Crippen molar-refractivity contribution >= 4 is 23.2 Å². The van der Waals surface area contributed by atoms with E-state index in [0.717, 1.165) is 44.1 Å². The van der Waals surface area contributed by atoms with Crippen LogP contribution in [0.3, 0.4) is 0 Å². The van der Waals surface area contributed by atoms with Crippen LogP contribution in [0.5, 0.6) is 0 Å². The van der Waals surface area contributed by atoms with Gasteiger partial charge in [0.05, 0.1) is 7.05 Å². The molecule has 0 spiro atoms. The van der Waals surface area contributed by atoms with Crippen LogP contribution >= 0.6 is 0 Å². The fourth-order valence-electron chi connectivity index (χ4n) is 3.80. The molecule has 3 rings (SSSR count). The van der Waals surface area contributed by atoms with Gasteiger partial charge in [0.2, 0.25) is 0 Å². The average Bonchev–Trinajstić information content (AvgIpc) is 2.74. The Hall–Kier alpha value is -3.44. The normalized spacial score (nSPS) is 12.7. The van der Waals surface area contributed by atoms with Gasteiger partial charge < -0.3 is 15.5 Å². The van der Waals surface area contributed by atoms with E-state index in [1.165, 1.54) is 0 Å². The zero-order chi connectivity index (χ0) is 23.3. The van der Waals surface area contributed by atoms with Crippen LogP contribution in [0, 0.1) is 27.7 Å². The second-order valence-corrected chi connectivity index (χ2v) is 8.54. The minimum atomic E-state index is -0.527. The van der Waals surface area contributed by atoms with E-state index in [4.69, 9.17) is 0 Å². The number of rotatable bonds is 7. The van der Waals surface area contributed by atoms with Crippen molar-refractivity contribution in [2.75, 3.05) is 24.2 Å². The third-order valence-electron chi connectivity index (χ3n) is 5.65. The summed E-state index contributed by atoms with van der Waals surface area (Å²) in [6.07, 6.45) is 0. The predicted molar refractivity (Wildman–Crippen MR) is 130 cm³/mol. The summed E-state index contributed by atoms with van der Waals surface area (Å²) in [5.41, 5.74) is 6.64. The number of hydrogen-bond donors (Lipinski definition) is 3. The minimum Gasteiger partial charge on any atom is -0.321 e. The number of anilines is 2. The number of benzene rings is 3. The molecule has 0 saturated heterocycles. The van der Waals surface area contributed by atoms with Crippen LogP contribution in [0.15, 0.2) is 66.7 Å². The van der Waals surface area contributed by atoms with Gasteiger partial charge >= 0.3 is 0 Å². The maximum atomic E-state index is 13.4. The van der Waals surface area contributed by atoms with Crippen molar-refractivity contribution in [3.63, 3.8) is 0 Å². The van der Waals surface area contributed by atoms with E-state index in [-0.39, 0.29) is 18.4 Å². The van der Waals surface area contributed by atoms with Gasteiger partial charge in [-0.2, -0.15) is 0 Å². The SMILES string of the molecule is Cc1ccc(C)c(NC(=O)C[NH+](C)[C@H](C(=O)Nc2cc(C)ccc2C)c2ccccc2)c1. The van der Waals surface area contributed by atoms with Crippen molar-refractivity contribution in [1.29, 1.82) is 0 Å². The third kappa shape index (κ3) is 5.83. The van der Waals surface area contributed by atoms with Gasteiger partial charge in [0.15, 0.2) is 12.6 Å². The summed E-state index contributed by atoms with van der Waals surface area (Å²) in [4.78, 5) is 27.0.